The molecule has 3 rings (SSSR count). The first kappa shape index (κ1) is 24.4. The first-order chi connectivity index (χ1) is 16.1. The number of carbonyl (C=O) groups is 3. The third kappa shape index (κ3) is 5.22. The zero-order chi connectivity index (χ0) is 25.0. The lowest BCUT2D eigenvalue weighted by Crippen LogP contribution is -2.48. The number of nitro benzene ring substituents is 1. The summed E-state index contributed by atoms with van der Waals surface area (Å²) in [6, 6.07) is 10.9. The number of ether oxygens (including phenoxy) is 1. The van der Waals surface area contributed by atoms with Crippen molar-refractivity contribution >= 4 is 29.3 Å². The van der Waals surface area contributed by atoms with Crippen LogP contribution in [0.3, 0.4) is 0 Å². The predicted octanol–water partition coefficient (Wildman–Crippen LogP) is 4.16. The van der Waals surface area contributed by atoms with Crippen molar-refractivity contribution < 1.29 is 24.0 Å². The van der Waals surface area contributed by atoms with Gasteiger partial charge in [-0.25, -0.2) is 9.59 Å². The molecule has 0 bridgehead atoms. The van der Waals surface area contributed by atoms with Gasteiger partial charge < -0.3 is 15.4 Å². The maximum absolute atomic E-state index is 12.9. The molecule has 0 radical (unpaired) electrons. The maximum Gasteiger partial charge on any atom is 0.338 e. The van der Waals surface area contributed by atoms with E-state index < -0.39 is 22.8 Å². The molecule has 2 aromatic carbocycles. The third-order valence-electron chi connectivity index (χ3n) is 5.27. The number of esters is 1. The molecule has 10 nitrogen and oxygen atoms in total. The maximum atomic E-state index is 12.9. The number of allylic oxidation sites excluding steroid dienone is 1. The highest BCUT2D eigenvalue weighted by Gasteiger charge is 2.36. The van der Waals surface area contributed by atoms with Gasteiger partial charge in [0.1, 0.15) is 0 Å². The normalized spacial score (nSPS) is 15.7. The zero-order valence-corrected chi connectivity index (χ0v) is 19.3. The molecule has 0 saturated carbocycles. The fourth-order valence-electron chi connectivity index (χ4n) is 3.71. The van der Waals surface area contributed by atoms with Gasteiger partial charge in [-0.2, -0.15) is 0 Å². The highest BCUT2D eigenvalue weighted by Crippen LogP contribution is 2.32. The van der Waals surface area contributed by atoms with Crippen LogP contribution in [0.2, 0.25) is 0 Å². The summed E-state index contributed by atoms with van der Waals surface area (Å²) in [7, 11) is 0. The summed E-state index contributed by atoms with van der Waals surface area (Å²) in [5, 5.41) is 16.5. The van der Waals surface area contributed by atoms with Crippen LogP contribution >= 0.6 is 0 Å². The summed E-state index contributed by atoms with van der Waals surface area (Å²) >= 11 is 0. The summed E-state index contributed by atoms with van der Waals surface area (Å²) in [5.74, 6) is -1.07. The Morgan fingerprint density at radius 1 is 1.21 bits per heavy atom. The fraction of sp³-hybridized carbons (Fsp3) is 0.292. The Balaban J connectivity index is 1.93. The lowest BCUT2D eigenvalue weighted by Gasteiger charge is -2.35. The molecule has 1 heterocycles. The summed E-state index contributed by atoms with van der Waals surface area (Å²) in [6.07, 6.45) is -0.346. The lowest BCUT2D eigenvalue weighted by atomic mass is 9.94. The molecule has 1 unspecified atom stereocenters. The third-order valence-corrected chi connectivity index (χ3v) is 5.27. The zero-order valence-electron chi connectivity index (χ0n) is 19.3. The largest absolute Gasteiger partial charge is 0.459 e. The molecular formula is C24H26N4O6. The second kappa shape index (κ2) is 10.2. The van der Waals surface area contributed by atoms with Crippen LogP contribution in [0.15, 0.2) is 59.8 Å². The van der Waals surface area contributed by atoms with Gasteiger partial charge in [0, 0.05) is 35.6 Å². The number of nitrogens with one attached hydrogen (secondary N) is 2. The van der Waals surface area contributed by atoms with E-state index in [4.69, 9.17) is 4.74 Å². The summed E-state index contributed by atoms with van der Waals surface area (Å²) < 4.78 is 5.42. The Morgan fingerprint density at radius 2 is 1.91 bits per heavy atom. The molecular weight excluding hydrogens is 440 g/mol. The van der Waals surface area contributed by atoms with Crippen LogP contribution in [0.5, 0.6) is 0 Å². The molecule has 0 spiro atoms. The van der Waals surface area contributed by atoms with Gasteiger partial charge in [0.15, 0.2) is 0 Å². The van der Waals surface area contributed by atoms with Gasteiger partial charge in [0.2, 0.25) is 0 Å². The van der Waals surface area contributed by atoms with Gasteiger partial charge in [-0.15, -0.1) is 0 Å². The number of nitrogens with zero attached hydrogens (tertiary/aromatic N) is 2. The minimum atomic E-state index is -0.781. The smallest absolute Gasteiger partial charge is 0.338 e. The second-order valence-corrected chi connectivity index (χ2v) is 7.97. The van der Waals surface area contributed by atoms with E-state index >= 15 is 0 Å². The minimum Gasteiger partial charge on any atom is -0.459 e. The van der Waals surface area contributed by atoms with Crippen molar-refractivity contribution in [3.63, 3.8) is 0 Å². The molecule has 0 fully saturated rings. The Morgan fingerprint density at radius 3 is 2.56 bits per heavy atom. The Labute approximate surface area is 196 Å². The molecule has 2 aromatic rings. The average Bonchev–Trinajstić information content (AvgIpc) is 2.78. The molecule has 0 aliphatic carbocycles. The van der Waals surface area contributed by atoms with Gasteiger partial charge >= 0.3 is 12.0 Å². The Bertz CT molecular complexity index is 1170. The predicted molar refractivity (Wildman–Crippen MR) is 125 cm³/mol. The first-order valence-electron chi connectivity index (χ1n) is 10.8. The summed E-state index contributed by atoms with van der Waals surface area (Å²) in [4.78, 5) is 50.1. The molecule has 1 atom stereocenters. The molecule has 178 valence electrons. The van der Waals surface area contributed by atoms with E-state index in [-0.39, 0.29) is 23.4 Å². The number of nitro groups is 1. The van der Waals surface area contributed by atoms with Crippen molar-refractivity contribution in [1.82, 2.24) is 10.2 Å². The molecule has 34 heavy (non-hydrogen) atoms. The fourth-order valence-corrected chi connectivity index (χ4v) is 3.71. The molecule has 2 N–H and O–H groups in total. The number of carbonyl (C=O) groups excluding carboxylic acids is 3. The lowest BCUT2D eigenvalue weighted by molar-refractivity contribution is -0.384. The van der Waals surface area contributed by atoms with E-state index in [0.717, 1.165) is 0 Å². The molecule has 1 aliphatic rings. The summed E-state index contributed by atoms with van der Waals surface area (Å²) in [5.41, 5.74) is 1.69. The number of non-ortho nitro benzene ring substituents is 1. The Hall–Kier alpha value is -4.21. The van der Waals surface area contributed by atoms with Crippen LogP contribution in [-0.2, 0) is 9.53 Å². The van der Waals surface area contributed by atoms with Crippen molar-refractivity contribution in [2.75, 3.05) is 11.9 Å². The van der Waals surface area contributed by atoms with E-state index in [9.17, 15) is 24.5 Å². The summed E-state index contributed by atoms with van der Waals surface area (Å²) in [6.45, 7) is 7.36. The van der Waals surface area contributed by atoms with E-state index in [1.54, 1.807) is 52.0 Å². The highest BCUT2D eigenvalue weighted by atomic mass is 16.6. The molecule has 0 saturated heterocycles. The van der Waals surface area contributed by atoms with Crippen molar-refractivity contribution in [2.24, 2.45) is 0 Å². The van der Waals surface area contributed by atoms with Crippen LogP contribution in [0.25, 0.3) is 0 Å². The quantitative estimate of drug-likeness (QED) is 0.358. The van der Waals surface area contributed by atoms with Crippen molar-refractivity contribution in [1.29, 1.82) is 0 Å². The van der Waals surface area contributed by atoms with Gasteiger partial charge in [-0.1, -0.05) is 18.2 Å². The minimum absolute atomic E-state index is 0.126. The van der Waals surface area contributed by atoms with E-state index in [0.29, 0.717) is 29.1 Å². The van der Waals surface area contributed by atoms with E-state index in [1.165, 1.54) is 29.2 Å². The van der Waals surface area contributed by atoms with E-state index in [1.807, 2.05) is 0 Å². The topological polar surface area (TPSA) is 131 Å². The van der Waals surface area contributed by atoms with Crippen LogP contribution in [-0.4, -0.2) is 40.4 Å². The number of rotatable bonds is 7. The number of hydrogen-bond acceptors (Lipinski definition) is 6. The van der Waals surface area contributed by atoms with Crippen molar-refractivity contribution in [3.8, 4) is 0 Å². The van der Waals surface area contributed by atoms with Crippen molar-refractivity contribution in [3.05, 3.63) is 81.0 Å². The van der Waals surface area contributed by atoms with Gasteiger partial charge in [-0.05, 0) is 51.5 Å². The first-order valence-corrected chi connectivity index (χ1v) is 10.8. The number of benzene rings is 2. The van der Waals surface area contributed by atoms with Crippen LogP contribution in [0.1, 0.15) is 49.7 Å². The van der Waals surface area contributed by atoms with Crippen LogP contribution < -0.4 is 10.6 Å². The number of urea groups is 1. The number of amides is 3. The van der Waals surface area contributed by atoms with Gasteiger partial charge in [0.25, 0.3) is 11.6 Å². The van der Waals surface area contributed by atoms with Crippen molar-refractivity contribution in [2.45, 2.75) is 39.8 Å². The molecule has 3 amide bonds. The SMILES string of the molecule is CCN1C(=O)NC(c2cccc(NC(=O)c3cccc([N+](=O)[O-])c3)c2)C(C(=O)OC(C)C)=C1C. The standard InChI is InChI=1S/C24H26N4O6/c1-5-27-15(4)20(23(30)34-14(2)3)21(26-24(27)31)16-8-6-10-18(12-16)25-22(29)17-9-7-11-19(13-17)28(32)33/h6-14,21H,5H2,1-4H3,(H,25,29)(H,26,31). The van der Waals surface area contributed by atoms with Gasteiger partial charge in [-0.3, -0.25) is 19.8 Å². The van der Waals surface area contributed by atoms with Crippen LogP contribution in [0, 0.1) is 10.1 Å². The Kier molecular flexibility index (Phi) is 7.30. The average molecular weight is 466 g/mol. The monoisotopic (exact) mass is 466 g/mol. The number of anilines is 1. The molecule has 10 heteroatoms. The van der Waals surface area contributed by atoms with Gasteiger partial charge in [0.05, 0.1) is 22.6 Å². The molecule has 0 aromatic heterocycles. The van der Waals surface area contributed by atoms with E-state index in [2.05, 4.69) is 10.6 Å². The number of hydrogen-bond donors (Lipinski definition) is 2. The molecule has 1 aliphatic heterocycles. The van der Waals surface area contributed by atoms with Crippen LogP contribution in [0.4, 0.5) is 16.2 Å². The highest BCUT2D eigenvalue weighted by molar-refractivity contribution is 6.04. The second-order valence-electron chi connectivity index (χ2n) is 7.97.